The van der Waals surface area contributed by atoms with Gasteiger partial charge in [-0.05, 0) is 221 Å². The van der Waals surface area contributed by atoms with Gasteiger partial charge in [-0.25, -0.2) is 0 Å². The van der Waals surface area contributed by atoms with Gasteiger partial charge in [-0.2, -0.15) is 0 Å². The Morgan fingerprint density at radius 2 is 0.488 bits per heavy atom. The van der Waals surface area contributed by atoms with E-state index >= 15 is 0 Å². The van der Waals surface area contributed by atoms with E-state index in [1.807, 2.05) is 43.8 Å². The highest BCUT2D eigenvalue weighted by Gasteiger charge is 2.05. The second-order valence-electron chi connectivity index (χ2n) is 22.2. The van der Waals surface area contributed by atoms with Gasteiger partial charge in [-0.15, -0.1) is 0 Å². The van der Waals surface area contributed by atoms with Gasteiger partial charge in [0.05, 0.1) is 26.4 Å². The molecule has 8 nitrogen and oxygen atoms in total. The molecule has 0 N–H and O–H groups in total. The molecular formula is C78H104N4O4. The number of unbranched alkanes of at least 4 members (excludes halogenated alkanes) is 3. The van der Waals surface area contributed by atoms with E-state index in [4.69, 9.17) is 18.9 Å². The number of ether oxygens (including phenoxy) is 4. The van der Waals surface area contributed by atoms with Crippen LogP contribution in [0.25, 0.3) is 0 Å². The molecule has 4 aromatic carbocycles. The van der Waals surface area contributed by atoms with E-state index in [2.05, 4.69) is 202 Å². The molecule has 0 aliphatic rings. The summed E-state index contributed by atoms with van der Waals surface area (Å²) >= 11 is 0. The number of hydrogen-bond acceptors (Lipinski definition) is 8. The van der Waals surface area contributed by atoms with E-state index in [1.54, 1.807) is 0 Å². The lowest BCUT2D eigenvalue weighted by Crippen LogP contribution is -1.98. The summed E-state index contributed by atoms with van der Waals surface area (Å²) in [4.78, 5) is 18.2. The minimum atomic E-state index is 0.716. The maximum atomic E-state index is 5.75. The van der Waals surface area contributed by atoms with Crippen molar-refractivity contribution in [3.8, 4) is 23.0 Å². The average Bonchev–Trinajstić information content (AvgIpc) is 3.64. The van der Waals surface area contributed by atoms with Gasteiger partial charge >= 0.3 is 0 Å². The Morgan fingerprint density at radius 1 is 0.221 bits per heavy atom. The maximum absolute atomic E-state index is 5.75. The summed E-state index contributed by atoms with van der Waals surface area (Å²) in [6.45, 7) is 20.4. The predicted molar refractivity (Wildman–Crippen MR) is 361 cm³/mol. The molecule has 0 bridgehead atoms. The van der Waals surface area contributed by atoms with Crippen molar-refractivity contribution in [2.45, 2.75) is 197 Å². The fourth-order valence-electron chi connectivity index (χ4n) is 9.52. The van der Waals surface area contributed by atoms with Crippen molar-refractivity contribution in [1.29, 1.82) is 0 Å². The molecule has 0 aliphatic heterocycles. The van der Waals surface area contributed by atoms with Gasteiger partial charge < -0.3 is 18.9 Å². The van der Waals surface area contributed by atoms with Crippen molar-refractivity contribution in [2.24, 2.45) is 0 Å². The molecule has 0 radical (unpaired) electrons. The second-order valence-corrected chi connectivity index (χ2v) is 22.2. The van der Waals surface area contributed by atoms with Crippen molar-refractivity contribution in [1.82, 2.24) is 19.9 Å². The first-order chi connectivity index (χ1) is 42.3. The zero-order chi connectivity index (χ0) is 61.1. The summed E-state index contributed by atoms with van der Waals surface area (Å²) in [6.07, 6.45) is 32.2. The zero-order valence-corrected chi connectivity index (χ0v) is 54.0. The highest BCUT2D eigenvalue weighted by atomic mass is 16.5. The van der Waals surface area contributed by atoms with E-state index in [1.165, 1.54) is 112 Å². The lowest BCUT2D eigenvalue weighted by atomic mass is 10.1. The van der Waals surface area contributed by atoms with Crippen molar-refractivity contribution < 1.29 is 18.9 Å². The van der Waals surface area contributed by atoms with Gasteiger partial charge in [0.25, 0.3) is 0 Å². The van der Waals surface area contributed by atoms with Crippen LogP contribution >= 0.6 is 0 Å². The Labute approximate surface area is 520 Å². The molecule has 0 amide bonds. The molecular weight excluding hydrogens is 1060 g/mol. The van der Waals surface area contributed by atoms with Crippen LogP contribution in [0.15, 0.2) is 170 Å². The highest BCUT2D eigenvalue weighted by Crippen LogP contribution is 2.19. The van der Waals surface area contributed by atoms with E-state index in [9.17, 15) is 0 Å². The van der Waals surface area contributed by atoms with Crippen molar-refractivity contribution in [3.05, 3.63) is 238 Å². The topological polar surface area (TPSA) is 88.5 Å². The standard InChI is InChI=1S/C21H29NO.C20H27NO.C19H25NO.C18H23NO/c1-3-5-6-16-23-21-14-10-18(11-15-21)8-12-20-13-9-19(7-4-2)17-22-20;1-3-5-15-22-20-13-9-17(10-14-20)7-11-19-12-8-18(6-4-2)16-21-19;1-3-5-17-7-11-18(20-15-17)10-6-16-8-12-19(13-9-16)21-14-4-2;1-3-5-16-7-11-17(19-14-16)10-6-15-8-12-18(13-9-15)20-4-2/h9-11,13-15,17H,3-8,12,16H2,1-2H3;8-10,12-14,16H,3-7,11,15H2,1-2H3;7-9,11-13,15H,3-6,10,14H2,1-2H3;7-9,11-14H,3-6,10H2,1-2H3. The number of pyridine rings is 4. The van der Waals surface area contributed by atoms with E-state index in [0.29, 0.717) is 6.61 Å². The fraction of sp³-hybridized carbons (Fsp3) is 0.436. The van der Waals surface area contributed by atoms with Crippen LogP contribution in [-0.4, -0.2) is 46.4 Å². The molecule has 0 aliphatic carbocycles. The van der Waals surface area contributed by atoms with Gasteiger partial charge in [0, 0.05) is 47.6 Å². The molecule has 0 saturated heterocycles. The largest absolute Gasteiger partial charge is 0.494 e. The second kappa shape index (κ2) is 43.3. The fourth-order valence-corrected chi connectivity index (χ4v) is 9.52. The molecule has 0 spiro atoms. The van der Waals surface area contributed by atoms with Crippen molar-refractivity contribution in [3.63, 3.8) is 0 Å². The Morgan fingerprint density at radius 3 is 0.733 bits per heavy atom. The highest BCUT2D eigenvalue weighted by molar-refractivity contribution is 5.31. The van der Waals surface area contributed by atoms with Crippen LogP contribution in [0.2, 0.25) is 0 Å². The maximum Gasteiger partial charge on any atom is 0.119 e. The summed E-state index contributed by atoms with van der Waals surface area (Å²) in [6, 6.07) is 51.2. The lowest BCUT2D eigenvalue weighted by molar-refractivity contribution is 0.306. The van der Waals surface area contributed by atoms with Gasteiger partial charge in [0.2, 0.25) is 0 Å². The normalized spacial score (nSPS) is 10.6. The first-order valence-electron chi connectivity index (χ1n) is 32.9. The molecule has 4 heterocycles. The van der Waals surface area contributed by atoms with Gasteiger partial charge in [0.1, 0.15) is 23.0 Å². The third kappa shape index (κ3) is 29.2. The average molecular weight is 1160 g/mol. The van der Waals surface area contributed by atoms with Gasteiger partial charge in [-0.3, -0.25) is 19.9 Å². The van der Waals surface area contributed by atoms with Crippen LogP contribution < -0.4 is 18.9 Å². The van der Waals surface area contributed by atoms with Crippen molar-refractivity contribution >= 4 is 0 Å². The van der Waals surface area contributed by atoms with Crippen LogP contribution in [0.5, 0.6) is 23.0 Å². The van der Waals surface area contributed by atoms with Crippen LogP contribution in [0.3, 0.4) is 0 Å². The zero-order valence-electron chi connectivity index (χ0n) is 54.0. The number of benzene rings is 4. The van der Waals surface area contributed by atoms with Crippen LogP contribution in [0, 0.1) is 0 Å². The molecule has 86 heavy (non-hydrogen) atoms. The van der Waals surface area contributed by atoms with Gasteiger partial charge in [-0.1, -0.05) is 166 Å². The Hall–Kier alpha value is -7.32. The molecule has 0 atom stereocenters. The predicted octanol–water partition coefficient (Wildman–Crippen LogP) is 19.2. The third-order valence-electron chi connectivity index (χ3n) is 14.6. The van der Waals surface area contributed by atoms with Gasteiger partial charge in [0.15, 0.2) is 0 Å². The molecule has 0 saturated carbocycles. The molecule has 8 aromatic rings. The summed E-state index contributed by atoms with van der Waals surface area (Å²) in [5, 5.41) is 0. The molecule has 4 aromatic heterocycles. The lowest BCUT2D eigenvalue weighted by Gasteiger charge is -2.07. The molecule has 460 valence electrons. The monoisotopic (exact) mass is 1160 g/mol. The number of aryl methyl sites for hydroxylation is 12. The number of aromatic nitrogens is 4. The SMILES string of the molecule is CCCCCOc1ccc(CCc2ccc(CCC)cn2)cc1.CCCCOc1ccc(CCc2ccc(CCC)cn2)cc1.CCCOc1ccc(CCc2ccc(CCC)cn2)cc1.CCCc1ccc(CCc2ccc(OCC)cc2)nc1. The Kier molecular flexibility index (Phi) is 35.0. The number of nitrogens with zero attached hydrogens (tertiary/aromatic N) is 4. The Balaban J connectivity index is 0.000000210. The molecule has 8 heteroatoms. The third-order valence-corrected chi connectivity index (χ3v) is 14.6. The summed E-state index contributed by atoms with van der Waals surface area (Å²) in [5.74, 6) is 3.85. The number of rotatable bonds is 34. The number of hydrogen-bond donors (Lipinski definition) is 0. The van der Waals surface area contributed by atoms with Crippen LogP contribution in [0.1, 0.15) is 187 Å². The van der Waals surface area contributed by atoms with Crippen LogP contribution in [0.4, 0.5) is 0 Å². The molecule has 0 unspecified atom stereocenters. The first-order valence-corrected chi connectivity index (χ1v) is 32.9. The van der Waals surface area contributed by atoms with Crippen molar-refractivity contribution in [2.75, 3.05) is 26.4 Å². The van der Waals surface area contributed by atoms with E-state index in [0.717, 1.165) is 139 Å². The Bertz CT molecular complexity index is 2860. The molecule has 0 fully saturated rings. The minimum absolute atomic E-state index is 0.716. The minimum Gasteiger partial charge on any atom is -0.494 e. The first kappa shape index (κ1) is 69.5. The van der Waals surface area contributed by atoms with E-state index in [-0.39, 0.29) is 0 Å². The van der Waals surface area contributed by atoms with E-state index < -0.39 is 0 Å². The summed E-state index contributed by atoms with van der Waals surface area (Å²) in [5.41, 5.74) is 15.3. The smallest absolute Gasteiger partial charge is 0.119 e. The summed E-state index contributed by atoms with van der Waals surface area (Å²) in [7, 11) is 0. The molecule has 8 rings (SSSR count). The van der Waals surface area contributed by atoms with Crippen LogP contribution in [-0.2, 0) is 77.0 Å². The summed E-state index contributed by atoms with van der Waals surface area (Å²) < 4.78 is 22.5. The quantitative estimate of drug-likeness (QED) is 0.0369.